The van der Waals surface area contributed by atoms with Gasteiger partial charge in [0, 0.05) is 31.5 Å². The molecule has 29 heavy (non-hydrogen) atoms. The number of benzene rings is 1. The lowest BCUT2D eigenvalue weighted by atomic mass is 10.2. The van der Waals surface area contributed by atoms with Crippen molar-refractivity contribution in [3.63, 3.8) is 0 Å². The molecule has 1 aromatic carbocycles. The third-order valence-electron chi connectivity index (χ3n) is 4.42. The molecule has 0 radical (unpaired) electrons. The van der Waals surface area contributed by atoms with Crippen LogP contribution in [0.3, 0.4) is 0 Å². The molecule has 0 saturated heterocycles. The van der Waals surface area contributed by atoms with Crippen LogP contribution in [0.1, 0.15) is 5.69 Å². The fourth-order valence-corrected chi connectivity index (χ4v) is 5.08. The van der Waals surface area contributed by atoms with E-state index in [-0.39, 0.29) is 5.69 Å². The molecule has 5 rings (SSSR count). The highest BCUT2D eigenvalue weighted by atomic mass is 32.1. The molecular formula is C19H16N6O2S2. The summed E-state index contributed by atoms with van der Waals surface area (Å²) in [6.45, 7) is 1.87. The summed E-state index contributed by atoms with van der Waals surface area (Å²) in [5.74, 6) is 0.934. The molecule has 0 fully saturated rings. The molecule has 0 spiro atoms. The van der Waals surface area contributed by atoms with Gasteiger partial charge in [-0.05, 0) is 25.1 Å². The Morgan fingerprint density at radius 3 is 2.76 bits per heavy atom. The maximum Gasteiger partial charge on any atom is 0.330 e. The number of imidazole rings is 1. The van der Waals surface area contributed by atoms with E-state index in [1.165, 1.54) is 11.3 Å². The Hall–Kier alpha value is -3.24. The van der Waals surface area contributed by atoms with Crippen molar-refractivity contribution >= 4 is 37.3 Å². The monoisotopic (exact) mass is 424 g/mol. The predicted octanol–water partition coefficient (Wildman–Crippen LogP) is 3.93. The molecule has 5 aromatic rings. The van der Waals surface area contributed by atoms with Gasteiger partial charge in [-0.25, -0.2) is 9.78 Å². The molecule has 4 heterocycles. The summed E-state index contributed by atoms with van der Waals surface area (Å²) in [6.07, 6.45) is 1.68. The summed E-state index contributed by atoms with van der Waals surface area (Å²) in [6, 6.07) is 9.53. The molecule has 0 bridgehead atoms. The average molecular weight is 425 g/mol. The minimum absolute atomic E-state index is 0.184. The van der Waals surface area contributed by atoms with E-state index in [0.29, 0.717) is 11.7 Å². The Bertz CT molecular complexity index is 1360. The van der Waals surface area contributed by atoms with Gasteiger partial charge in [0.1, 0.15) is 4.83 Å². The highest BCUT2D eigenvalue weighted by Gasteiger charge is 2.17. The first-order valence-electron chi connectivity index (χ1n) is 8.79. The zero-order valence-electron chi connectivity index (χ0n) is 15.8. The number of anilines is 1. The molecular weight excluding hydrogens is 408 g/mol. The van der Waals surface area contributed by atoms with Gasteiger partial charge in [-0.15, -0.1) is 11.3 Å². The summed E-state index contributed by atoms with van der Waals surface area (Å²) < 4.78 is 8.20. The van der Waals surface area contributed by atoms with Gasteiger partial charge in [0.2, 0.25) is 5.82 Å². The predicted molar refractivity (Wildman–Crippen MR) is 115 cm³/mol. The van der Waals surface area contributed by atoms with E-state index in [1.54, 1.807) is 22.1 Å². The minimum Gasteiger partial charge on any atom is -0.354 e. The number of aromatic nitrogens is 5. The topological polar surface area (TPSA) is 92.8 Å². The summed E-state index contributed by atoms with van der Waals surface area (Å²) in [5.41, 5.74) is 2.16. The molecule has 0 aliphatic rings. The Kier molecular flexibility index (Phi) is 4.10. The Balaban J connectivity index is 1.49. The number of thiophene rings is 1. The van der Waals surface area contributed by atoms with Crippen molar-refractivity contribution in [2.75, 3.05) is 19.0 Å². The fourth-order valence-electron chi connectivity index (χ4n) is 3.02. The van der Waals surface area contributed by atoms with Crippen LogP contribution in [-0.4, -0.2) is 38.8 Å². The van der Waals surface area contributed by atoms with Crippen LogP contribution in [0.25, 0.3) is 37.4 Å². The lowest BCUT2D eigenvalue weighted by molar-refractivity contribution is 0.433. The number of nitrogens with one attached hydrogen (secondary N) is 1. The highest BCUT2D eigenvalue weighted by Crippen LogP contribution is 2.38. The molecule has 8 nitrogen and oxygen atoms in total. The number of fused-ring (bicyclic) bond motifs is 1. The largest absolute Gasteiger partial charge is 0.354 e. The van der Waals surface area contributed by atoms with E-state index in [4.69, 9.17) is 4.52 Å². The molecule has 146 valence electrons. The number of aromatic amines is 1. The second-order valence-corrected chi connectivity index (χ2v) is 8.75. The number of nitrogens with zero attached hydrogens (tertiary/aromatic N) is 5. The smallest absolute Gasteiger partial charge is 0.330 e. The number of aryl methyl sites for hydroxylation is 1. The van der Waals surface area contributed by atoms with Crippen LogP contribution in [0.2, 0.25) is 0 Å². The van der Waals surface area contributed by atoms with E-state index in [0.717, 1.165) is 36.5 Å². The first kappa shape index (κ1) is 17.8. The third kappa shape index (κ3) is 3.06. The second kappa shape index (κ2) is 6.68. The summed E-state index contributed by atoms with van der Waals surface area (Å²) in [7, 11) is 3.95. The van der Waals surface area contributed by atoms with Crippen LogP contribution in [0.5, 0.6) is 0 Å². The van der Waals surface area contributed by atoms with Gasteiger partial charge in [-0.3, -0.25) is 4.57 Å². The molecule has 0 aliphatic heterocycles. The number of H-pyrrole nitrogens is 1. The van der Waals surface area contributed by atoms with Crippen LogP contribution < -0.4 is 10.6 Å². The maximum atomic E-state index is 12.1. The van der Waals surface area contributed by atoms with E-state index in [1.807, 2.05) is 56.3 Å². The van der Waals surface area contributed by atoms with Crippen LogP contribution in [0.4, 0.5) is 5.13 Å². The summed E-state index contributed by atoms with van der Waals surface area (Å²) in [4.78, 5) is 27.8. The van der Waals surface area contributed by atoms with Gasteiger partial charge < -0.3 is 14.4 Å². The van der Waals surface area contributed by atoms with Crippen molar-refractivity contribution in [1.29, 1.82) is 0 Å². The van der Waals surface area contributed by atoms with Crippen LogP contribution in [-0.2, 0) is 0 Å². The quantitative estimate of drug-likeness (QED) is 0.470. The van der Waals surface area contributed by atoms with E-state index in [9.17, 15) is 4.79 Å². The van der Waals surface area contributed by atoms with Gasteiger partial charge in [0.15, 0.2) is 5.13 Å². The average Bonchev–Trinajstić information content (AvgIpc) is 3.44. The van der Waals surface area contributed by atoms with Crippen LogP contribution >= 0.6 is 22.7 Å². The second-order valence-electron chi connectivity index (χ2n) is 6.72. The van der Waals surface area contributed by atoms with E-state index < -0.39 is 0 Å². The molecule has 4 aromatic heterocycles. The van der Waals surface area contributed by atoms with Crippen molar-refractivity contribution in [3.05, 3.63) is 52.7 Å². The highest BCUT2D eigenvalue weighted by molar-refractivity contribution is 7.30. The van der Waals surface area contributed by atoms with Crippen LogP contribution in [0, 0.1) is 6.92 Å². The van der Waals surface area contributed by atoms with Gasteiger partial charge in [0.05, 0.1) is 15.3 Å². The van der Waals surface area contributed by atoms with Gasteiger partial charge in [-0.1, -0.05) is 28.6 Å². The zero-order valence-corrected chi connectivity index (χ0v) is 17.5. The fraction of sp³-hybridized carbons (Fsp3) is 0.158. The number of hydrogen-bond acceptors (Lipinski definition) is 8. The Morgan fingerprint density at radius 2 is 2.03 bits per heavy atom. The van der Waals surface area contributed by atoms with Crippen molar-refractivity contribution in [1.82, 2.24) is 24.7 Å². The number of hydrogen-bond donors (Lipinski definition) is 1. The number of rotatable bonds is 4. The first-order chi connectivity index (χ1) is 14.0. The maximum absolute atomic E-state index is 12.1. The van der Waals surface area contributed by atoms with E-state index in [2.05, 4.69) is 20.1 Å². The first-order valence-corrected chi connectivity index (χ1v) is 10.4. The van der Waals surface area contributed by atoms with Gasteiger partial charge >= 0.3 is 5.69 Å². The number of thiazole rings is 1. The summed E-state index contributed by atoms with van der Waals surface area (Å²) >= 11 is 3.16. The molecule has 0 amide bonds. The molecule has 0 atom stereocenters. The normalized spacial score (nSPS) is 11.4. The minimum atomic E-state index is -0.184. The SMILES string of the molecule is Cc1c[nH]c(=O)n1-c1cccc(-c2noc(-c3cc4sc(N(C)C)nc4s3)n2)c1. The molecule has 0 aliphatic carbocycles. The third-order valence-corrected chi connectivity index (χ3v) is 6.74. The van der Waals surface area contributed by atoms with Crippen molar-refractivity contribution < 1.29 is 4.52 Å². The lowest BCUT2D eigenvalue weighted by Gasteiger charge is -2.05. The van der Waals surface area contributed by atoms with E-state index >= 15 is 0 Å². The van der Waals surface area contributed by atoms with Gasteiger partial charge in [0.25, 0.3) is 5.89 Å². The van der Waals surface area contributed by atoms with Crippen molar-refractivity contribution in [2.24, 2.45) is 0 Å². The summed E-state index contributed by atoms with van der Waals surface area (Å²) in [5, 5.41) is 5.10. The molecule has 10 heteroatoms. The van der Waals surface area contributed by atoms with Crippen LogP contribution in [0.15, 0.2) is 45.8 Å². The Labute approximate surface area is 173 Å². The van der Waals surface area contributed by atoms with Gasteiger partial charge in [-0.2, -0.15) is 4.98 Å². The van der Waals surface area contributed by atoms with Crippen molar-refractivity contribution in [2.45, 2.75) is 6.92 Å². The molecule has 0 saturated carbocycles. The molecule has 1 N–H and O–H groups in total. The lowest BCUT2D eigenvalue weighted by Crippen LogP contribution is -2.15. The zero-order chi connectivity index (χ0) is 20.1. The molecule has 0 unspecified atom stereocenters. The standard InChI is InChI=1S/C19H16N6O2S2/c1-10-9-20-18(26)25(10)12-6-4-5-11(7-12)15-21-16(27-23-15)13-8-14-17(28-13)22-19(29-14)24(2)3/h4-9H,1-3H3,(H,20,26). The van der Waals surface area contributed by atoms with Crippen molar-refractivity contribution in [3.8, 4) is 27.8 Å². The Morgan fingerprint density at radius 1 is 1.17 bits per heavy atom.